The van der Waals surface area contributed by atoms with Crippen LogP contribution in [0.1, 0.15) is 31.4 Å². The molecule has 104 valence electrons. The molecule has 2 rings (SSSR count). The third-order valence-corrected chi connectivity index (χ3v) is 4.59. The van der Waals surface area contributed by atoms with E-state index in [0.29, 0.717) is 13.0 Å². The molecule has 2 unspecified atom stereocenters. The molecule has 0 spiro atoms. The number of hydrogen-bond donors (Lipinski definition) is 2. The van der Waals surface area contributed by atoms with Gasteiger partial charge in [-0.2, -0.15) is 0 Å². The zero-order valence-electron chi connectivity index (χ0n) is 10.4. The Kier molecular flexibility index (Phi) is 5.36. The lowest BCUT2D eigenvalue weighted by molar-refractivity contribution is -0.143. The van der Waals surface area contributed by atoms with E-state index in [1.54, 1.807) is 6.20 Å². The molecule has 0 amide bonds. The maximum absolute atomic E-state index is 11.0. The molecule has 0 aromatic carbocycles. The minimum Gasteiger partial charge on any atom is -0.481 e. The van der Waals surface area contributed by atoms with E-state index < -0.39 is 5.97 Å². The predicted molar refractivity (Wildman–Crippen MR) is 79.9 cm³/mol. The summed E-state index contributed by atoms with van der Waals surface area (Å²) in [6, 6.07) is 2.23. The summed E-state index contributed by atoms with van der Waals surface area (Å²) in [5.41, 5.74) is 0.945. The van der Waals surface area contributed by atoms with Crippen LogP contribution in [-0.2, 0) is 11.3 Å². The summed E-state index contributed by atoms with van der Waals surface area (Å²) in [7, 11) is 0. The standard InChI is InChI=1S/C13H16Br2N2O2/c14-9-5-11(15)12(17-6-9)7-16-10-3-1-2-8(4-10)13(18)19/h5-6,8,10,16H,1-4,7H2,(H,18,19). The van der Waals surface area contributed by atoms with Gasteiger partial charge in [-0.05, 0) is 57.2 Å². The molecule has 1 aromatic rings. The van der Waals surface area contributed by atoms with Crippen molar-refractivity contribution in [1.29, 1.82) is 0 Å². The van der Waals surface area contributed by atoms with Crippen molar-refractivity contribution in [3.05, 3.63) is 26.9 Å². The fourth-order valence-electron chi connectivity index (χ4n) is 2.41. The second-order valence-electron chi connectivity index (χ2n) is 4.86. The van der Waals surface area contributed by atoms with E-state index in [4.69, 9.17) is 5.11 Å². The lowest BCUT2D eigenvalue weighted by Crippen LogP contribution is -2.36. The number of pyridine rings is 1. The van der Waals surface area contributed by atoms with E-state index >= 15 is 0 Å². The Morgan fingerprint density at radius 3 is 2.95 bits per heavy atom. The number of aromatic nitrogens is 1. The van der Waals surface area contributed by atoms with Crippen LogP contribution in [0.2, 0.25) is 0 Å². The summed E-state index contributed by atoms with van der Waals surface area (Å²) in [4.78, 5) is 15.4. The molecule has 0 radical (unpaired) electrons. The number of hydrogen-bond acceptors (Lipinski definition) is 3. The van der Waals surface area contributed by atoms with E-state index in [1.807, 2.05) is 6.07 Å². The highest BCUT2D eigenvalue weighted by molar-refractivity contribution is 9.11. The first kappa shape index (κ1) is 14.9. The molecule has 1 fully saturated rings. The van der Waals surface area contributed by atoms with Crippen molar-refractivity contribution in [3.8, 4) is 0 Å². The Bertz CT molecular complexity index is 468. The smallest absolute Gasteiger partial charge is 0.306 e. The van der Waals surface area contributed by atoms with Gasteiger partial charge in [-0.1, -0.05) is 6.42 Å². The topological polar surface area (TPSA) is 62.2 Å². The van der Waals surface area contributed by atoms with Gasteiger partial charge in [0.2, 0.25) is 0 Å². The number of halogens is 2. The van der Waals surface area contributed by atoms with E-state index in [0.717, 1.165) is 33.9 Å². The van der Waals surface area contributed by atoms with Crippen molar-refractivity contribution in [2.45, 2.75) is 38.3 Å². The molecule has 6 heteroatoms. The van der Waals surface area contributed by atoms with Gasteiger partial charge in [-0.15, -0.1) is 0 Å². The maximum atomic E-state index is 11.0. The fraction of sp³-hybridized carbons (Fsp3) is 0.538. The third kappa shape index (κ3) is 4.26. The number of carboxylic acids is 1. The van der Waals surface area contributed by atoms with Crippen LogP contribution >= 0.6 is 31.9 Å². The molecule has 1 aliphatic rings. The summed E-state index contributed by atoms with van der Waals surface area (Å²) in [5.74, 6) is -0.873. The molecule has 1 heterocycles. The second-order valence-corrected chi connectivity index (χ2v) is 6.63. The van der Waals surface area contributed by atoms with Crippen molar-refractivity contribution < 1.29 is 9.90 Å². The van der Waals surface area contributed by atoms with Crippen molar-refractivity contribution in [2.75, 3.05) is 0 Å². The molecule has 19 heavy (non-hydrogen) atoms. The molecular formula is C13H16Br2N2O2. The van der Waals surface area contributed by atoms with Crippen molar-refractivity contribution in [2.24, 2.45) is 5.92 Å². The van der Waals surface area contributed by atoms with Gasteiger partial charge in [-0.3, -0.25) is 9.78 Å². The summed E-state index contributed by atoms with van der Waals surface area (Å²) in [5, 5.41) is 12.5. The van der Waals surface area contributed by atoms with Gasteiger partial charge in [0.05, 0.1) is 11.6 Å². The lowest BCUT2D eigenvalue weighted by Gasteiger charge is -2.27. The molecule has 1 saturated carbocycles. The molecule has 2 N–H and O–H groups in total. The minimum atomic E-state index is -0.672. The second kappa shape index (κ2) is 6.81. The SMILES string of the molecule is O=C(O)C1CCCC(NCc2ncc(Br)cc2Br)C1. The summed E-state index contributed by atoms with van der Waals surface area (Å²) >= 11 is 6.85. The average molecular weight is 392 g/mol. The van der Waals surface area contributed by atoms with Gasteiger partial charge in [0, 0.05) is 27.7 Å². The fourth-order valence-corrected chi connectivity index (χ4v) is 3.54. The van der Waals surface area contributed by atoms with Crippen LogP contribution in [0.5, 0.6) is 0 Å². The van der Waals surface area contributed by atoms with Crippen molar-refractivity contribution in [3.63, 3.8) is 0 Å². The first-order chi connectivity index (χ1) is 9.06. The normalized spacial score (nSPS) is 23.3. The first-order valence-electron chi connectivity index (χ1n) is 6.32. The van der Waals surface area contributed by atoms with Gasteiger partial charge in [0.15, 0.2) is 0 Å². The van der Waals surface area contributed by atoms with Crippen molar-refractivity contribution >= 4 is 37.8 Å². The number of rotatable bonds is 4. The lowest BCUT2D eigenvalue weighted by atomic mass is 9.86. The van der Waals surface area contributed by atoms with Crippen LogP contribution in [-0.4, -0.2) is 22.1 Å². The molecule has 1 aliphatic carbocycles. The summed E-state index contributed by atoms with van der Waals surface area (Å²) in [6.07, 6.45) is 5.29. The molecular weight excluding hydrogens is 376 g/mol. The Labute approximate surface area is 129 Å². The van der Waals surface area contributed by atoms with Crippen LogP contribution in [0.4, 0.5) is 0 Å². The quantitative estimate of drug-likeness (QED) is 0.826. The third-order valence-electron chi connectivity index (χ3n) is 3.47. The largest absolute Gasteiger partial charge is 0.481 e. The Balaban J connectivity index is 1.89. The minimum absolute atomic E-state index is 0.201. The van der Waals surface area contributed by atoms with Gasteiger partial charge >= 0.3 is 5.97 Å². The zero-order valence-corrected chi connectivity index (χ0v) is 13.6. The van der Waals surface area contributed by atoms with E-state index in [2.05, 4.69) is 42.2 Å². The van der Waals surface area contributed by atoms with Gasteiger partial charge < -0.3 is 10.4 Å². The molecule has 1 aromatic heterocycles. The highest BCUT2D eigenvalue weighted by Crippen LogP contribution is 2.25. The van der Waals surface area contributed by atoms with Crippen LogP contribution < -0.4 is 5.32 Å². The Hall–Kier alpha value is -0.460. The number of aliphatic carboxylic acids is 1. The number of carboxylic acid groups (broad SMARTS) is 1. The van der Waals surface area contributed by atoms with Crippen LogP contribution in [0.25, 0.3) is 0 Å². The zero-order chi connectivity index (χ0) is 13.8. The first-order valence-corrected chi connectivity index (χ1v) is 7.91. The van der Waals surface area contributed by atoms with Gasteiger partial charge in [0.25, 0.3) is 0 Å². The Morgan fingerprint density at radius 2 is 2.26 bits per heavy atom. The molecule has 0 aliphatic heterocycles. The highest BCUT2D eigenvalue weighted by atomic mass is 79.9. The monoisotopic (exact) mass is 390 g/mol. The highest BCUT2D eigenvalue weighted by Gasteiger charge is 2.26. The average Bonchev–Trinajstić information content (AvgIpc) is 2.38. The van der Waals surface area contributed by atoms with Gasteiger partial charge in [0.1, 0.15) is 0 Å². The molecule has 4 nitrogen and oxygen atoms in total. The van der Waals surface area contributed by atoms with Crippen LogP contribution in [0.3, 0.4) is 0 Å². The maximum Gasteiger partial charge on any atom is 0.306 e. The Morgan fingerprint density at radius 1 is 1.47 bits per heavy atom. The van der Waals surface area contributed by atoms with E-state index in [-0.39, 0.29) is 12.0 Å². The number of nitrogens with zero attached hydrogens (tertiary/aromatic N) is 1. The molecule has 0 saturated heterocycles. The molecule has 2 atom stereocenters. The van der Waals surface area contributed by atoms with Crippen LogP contribution in [0, 0.1) is 5.92 Å². The van der Waals surface area contributed by atoms with E-state index in [1.165, 1.54) is 0 Å². The predicted octanol–water partition coefficient (Wildman–Crippen LogP) is 3.34. The van der Waals surface area contributed by atoms with E-state index in [9.17, 15) is 4.79 Å². The molecule has 0 bridgehead atoms. The number of carbonyl (C=O) groups is 1. The van der Waals surface area contributed by atoms with Crippen LogP contribution in [0.15, 0.2) is 21.2 Å². The summed E-state index contributed by atoms with van der Waals surface area (Å²) < 4.78 is 1.90. The van der Waals surface area contributed by atoms with Gasteiger partial charge in [-0.25, -0.2) is 0 Å². The summed E-state index contributed by atoms with van der Waals surface area (Å²) in [6.45, 7) is 0.658. The van der Waals surface area contributed by atoms with Crippen molar-refractivity contribution in [1.82, 2.24) is 10.3 Å². The number of nitrogens with one attached hydrogen (secondary N) is 1.